The summed E-state index contributed by atoms with van der Waals surface area (Å²) in [5.74, 6) is 0.991. The Kier molecular flexibility index (Phi) is 4.11. The van der Waals surface area contributed by atoms with Crippen molar-refractivity contribution in [2.45, 2.75) is 51.0 Å². The van der Waals surface area contributed by atoms with E-state index in [0.717, 1.165) is 63.2 Å². The summed E-state index contributed by atoms with van der Waals surface area (Å²) in [6, 6.07) is 2.01. The second-order valence-electron chi connectivity index (χ2n) is 8.16. The maximum atomic E-state index is 12.5. The maximum Gasteiger partial charge on any atom is 0.254 e. The molecule has 0 bridgehead atoms. The van der Waals surface area contributed by atoms with Crippen LogP contribution in [0.4, 0.5) is 5.82 Å². The Labute approximate surface area is 153 Å². The summed E-state index contributed by atoms with van der Waals surface area (Å²) in [6.07, 6.45) is 7.07. The minimum atomic E-state index is -1.06. The average Bonchev–Trinajstić information content (AvgIpc) is 3.41. The third kappa shape index (κ3) is 3.03. The summed E-state index contributed by atoms with van der Waals surface area (Å²) < 4.78 is 0. The number of piperidine rings is 2. The molecule has 1 amide bonds. The molecule has 1 saturated carbocycles. The zero-order chi connectivity index (χ0) is 18.4. The third-order valence-electron chi connectivity index (χ3n) is 6.24. The van der Waals surface area contributed by atoms with Crippen molar-refractivity contribution in [3.05, 3.63) is 17.6 Å². The minimum absolute atomic E-state index is 0.0655. The van der Waals surface area contributed by atoms with Gasteiger partial charge in [-0.1, -0.05) is 0 Å². The lowest BCUT2D eigenvalue weighted by Crippen LogP contribution is -2.53. The number of anilines is 1. The number of aliphatic hydroxyl groups is 1. The Morgan fingerprint density at radius 3 is 2.62 bits per heavy atom. The van der Waals surface area contributed by atoms with Crippen molar-refractivity contribution in [3.63, 3.8) is 0 Å². The average molecular weight is 355 g/mol. The lowest BCUT2D eigenvalue weighted by molar-refractivity contribution is -0.146. The number of carbonyl (C=O) groups excluding carboxylic acids is 1. The fourth-order valence-electron chi connectivity index (χ4n) is 4.42. The molecule has 2 aliphatic heterocycles. The van der Waals surface area contributed by atoms with Crippen LogP contribution in [-0.4, -0.2) is 57.7 Å². The van der Waals surface area contributed by atoms with Gasteiger partial charge in [0.25, 0.3) is 5.91 Å². The van der Waals surface area contributed by atoms with Crippen LogP contribution in [0.15, 0.2) is 6.20 Å². The highest BCUT2D eigenvalue weighted by molar-refractivity contribution is 5.87. The van der Waals surface area contributed by atoms with E-state index in [4.69, 9.17) is 5.26 Å². The van der Waals surface area contributed by atoms with Gasteiger partial charge in [0.1, 0.15) is 17.5 Å². The van der Waals surface area contributed by atoms with Gasteiger partial charge in [0.15, 0.2) is 0 Å². The van der Waals surface area contributed by atoms with Crippen LogP contribution in [0.1, 0.15) is 49.9 Å². The number of amides is 1. The van der Waals surface area contributed by atoms with Crippen LogP contribution >= 0.6 is 0 Å². The number of aryl methyl sites for hydroxylation is 1. The number of rotatable bonds is 2. The summed E-state index contributed by atoms with van der Waals surface area (Å²) in [5.41, 5.74) is 0.0657. The Morgan fingerprint density at radius 1 is 1.23 bits per heavy atom. The molecule has 0 unspecified atom stereocenters. The molecule has 1 aromatic heterocycles. The first-order valence-corrected chi connectivity index (χ1v) is 9.45. The number of carbonyl (C=O) groups is 1. The number of hydrogen-bond donors (Lipinski definition) is 1. The smallest absolute Gasteiger partial charge is 0.254 e. The molecule has 1 aliphatic carbocycles. The van der Waals surface area contributed by atoms with Gasteiger partial charge < -0.3 is 14.9 Å². The number of aromatic nitrogens is 2. The summed E-state index contributed by atoms with van der Waals surface area (Å²) in [6.45, 7) is 5.24. The van der Waals surface area contributed by atoms with Gasteiger partial charge >= 0.3 is 0 Å². The van der Waals surface area contributed by atoms with E-state index in [2.05, 4.69) is 14.9 Å². The first-order chi connectivity index (χ1) is 12.4. The van der Waals surface area contributed by atoms with E-state index in [0.29, 0.717) is 12.8 Å². The van der Waals surface area contributed by atoms with E-state index in [1.165, 1.54) is 0 Å². The lowest BCUT2D eigenvalue weighted by Gasteiger charge is -2.48. The normalized spacial score (nSPS) is 23.6. The summed E-state index contributed by atoms with van der Waals surface area (Å²) >= 11 is 0. The quantitative estimate of drug-likeness (QED) is 0.862. The molecule has 3 aliphatic rings. The van der Waals surface area contributed by atoms with E-state index in [1.807, 2.05) is 17.9 Å². The van der Waals surface area contributed by atoms with E-state index < -0.39 is 5.60 Å². The molecule has 1 N–H and O–H groups in total. The summed E-state index contributed by atoms with van der Waals surface area (Å²) in [7, 11) is 0. The van der Waals surface area contributed by atoms with Gasteiger partial charge in [0, 0.05) is 37.9 Å². The fraction of sp³-hybridized carbons (Fsp3) is 0.684. The molecule has 3 heterocycles. The zero-order valence-corrected chi connectivity index (χ0v) is 15.2. The molecule has 26 heavy (non-hydrogen) atoms. The topological polar surface area (TPSA) is 93.4 Å². The highest BCUT2D eigenvalue weighted by atomic mass is 16.3. The van der Waals surface area contributed by atoms with Crippen molar-refractivity contribution in [1.82, 2.24) is 14.9 Å². The van der Waals surface area contributed by atoms with Crippen LogP contribution in [-0.2, 0) is 4.79 Å². The van der Waals surface area contributed by atoms with Gasteiger partial charge in [-0.3, -0.25) is 4.79 Å². The Morgan fingerprint density at radius 2 is 1.96 bits per heavy atom. The number of hydrogen-bond acceptors (Lipinski definition) is 6. The van der Waals surface area contributed by atoms with Crippen LogP contribution in [0, 0.1) is 23.7 Å². The molecule has 138 valence electrons. The molecule has 2 saturated heterocycles. The van der Waals surface area contributed by atoms with Crippen molar-refractivity contribution in [3.8, 4) is 6.07 Å². The lowest BCUT2D eigenvalue weighted by atomic mass is 9.72. The first kappa shape index (κ1) is 17.2. The molecule has 0 atom stereocenters. The second-order valence-corrected chi connectivity index (χ2v) is 8.16. The molecule has 0 radical (unpaired) electrons. The van der Waals surface area contributed by atoms with E-state index in [-0.39, 0.29) is 17.1 Å². The van der Waals surface area contributed by atoms with Crippen molar-refractivity contribution < 1.29 is 9.90 Å². The minimum Gasteiger partial charge on any atom is -0.380 e. The largest absolute Gasteiger partial charge is 0.380 e. The second kappa shape index (κ2) is 6.20. The van der Waals surface area contributed by atoms with Gasteiger partial charge in [-0.05, 0) is 50.9 Å². The van der Waals surface area contributed by atoms with Crippen molar-refractivity contribution in [2.75, 3.05) is 31.1 Å². The highest BCUT2D eigenvalue weighted by Crippen LogP contribution is 2.43. The van der Waals surface area contributed by atoms with Gasteiger partial charge in [-0.2, -0.15) is 5.26 Å². The Hall–Kier alpha value is -2.20. The highest BCUT2D eigenvalue weighted by Gasteiger charge is 2.52. The van der Waals surface area contributed by atoms with Crippen LogP contribution in [0.2, 0.25) is 0 Å². The molecule has 0 aromatic carbocycles. The molecule has 1 aromatic rings. The first-order valence-electron chi connectivity index (χ1n) is 9.45. The number of nitrogens with zero attached hydrogens (tertiary/aromatic N) is 5. The fourth-order valence-corrected chi connectivity index (χ4v) is 4.42. The molecule has 4 rings (SSSR count). The van der Waals surface area contributed by atoms with Crippen LogP contribution < -0.4 is 4.90 Å². The Balaban J connectivity index is 1.44. The Bertz CT molecular complexity index is 760. The predicted octanol–water partition coefficient (Wildman–Crippen LogP) is 1.39. The molecule has 3 fully saturated rings. The van der Waals surface area contributed by atoms with Crippen LogP contribution in [0.25, 0.3) is 0 Å². The van der Waals surface area contributed by atoms with E-state index in [1.54, 1.807) is 6.20 Å². The molecular formula is C19H25N5O2. The standard InChI is InChI=1S/C19H25N5O2/c1-14-12-21-15(11-20)22-16(14)23-9-6-18(7-10-23)3-2-8-24(13-18)17(25)19(26)4-5-19/h12,26H,2-10,13H2,1H3. The molecular weight excluding hydrogens is 330 g/mol. The van der Waals surface area contributed by atoms with Gasteiger partial charge in [0.2, 0.25) is 5.82 Å². The van der Waals surface area contributed by atoms with Crippen molar-refractivity contribution >= 4 is 11.7 Å². The van der Waals surface area contributed by atoms with E-state index >= 15 is 0 Å². The van der Waals surface area contributed by atoms with Crippen molar-refractivity contribution in [2.24, 2.45) is 5.41 Å². The number of likely N-dealkylation sites (tertiary alicyclic amines) is 1. The molecule has 1 spiro atoms. The van der Waals surface area contributed by atoms with Crippen molar-refractivity contribution in [1.29, 1.82) is 5.26 Å². The van der Waals surface area contributed by atoms with Crippen LogP contribution in [0.5, 0.6) is 0 Å². The third-order valence-corrected chi connectivity index (χ3v) is 6.24. The summed E-state index contributed by atoms with van der Waals surface area (Å²) in [5, 5.41) is 19.2. The van der Waals surface area contributed by atoms with Gasteiger partial charge in [0.05, 0.1) is 0 Å². The monoisotopic (exact) mass is 355 g/mol. The van der Waals surface area contributed by atoms with E-state index in [9.17, 15) is 9.90 Å². The summed E-state index contributed by atoms with van der Waals surface area (Å²) in [4.78, 5) is 25.1. The predicted molar refractivity (Wildman–Crippen MR) is 95.4 cm³/mol. The molecule has 7 heteroatoms. The van der Waals surface area contributed by atoms with Gasteiger partial charge in [-0.25, -0.2) is 9.97 Å². The van der Waals surface area contributed by atoms with Crippen LogP contribution in [0.3, 0.4) is 0 Å². The maximum absolute atomic E-state index is 12.5. The SMILES string of the molecule is Cc1cnc(C#N)nc1N1CCC2(CCCN(C(=O)C3(O)CC3)C2)CC1. The zero-order valence-electron chi connectivity index (χ0n) is 15.2. The number of nitriles is 1. The van der Waals surface area contributed by atoms with Gasteiger partial charge in [-0.15, -0.1) is 0 Å². The molecule has 7 nitrogen and oxygen atoms in total.